The Morgan fingerprint density at radius 2 is 1.93 bits per heavy atom. The Morgan fingerprint density at radius 1 is 1.29 bits per heavy atom. The Balaban J connectivity index is 2.73. The van der Waals surface area contributed by atoms with Gasteiger partial charge in [0.2, 0.25) is 0 Å². The maximum atomic E-state index is 11.9. The van der Waals surface area contributed by atoms with Crippen LogP contribution in [-0.4, -0.2) is 18.4 Å². The molecule has 0 saturated carbocycles. The molecule has 0 aromatic heterocycles. The lowest BCUT2D eigenvalue weighted by Gasteiger charge is -2.14. The van der Waals surface area contributed by atoms with Gasteiger partial charge in [-0.05, 0) is 13.0 Å². The number of ketones is 1. The van der Waals surface area contributed by atoms with E-state index in [4.69, 9.17) is 0 Å². The summed E-state index contributed by atoms with van der Waals surface area (Å²) in [7, 11) is 0. The number of hydrogen-bond acceptors (Lipinski definition) is 2. The molecule has 1 aromatic rings. The first-order chi connectivity index (χ1) is 6.79. The van der Waals surface area contributed by atoms with Crippen molar-refractivity contribution >= 4 is 5.78 Å². The lowest BCUT2D eigenvalue weighted by molar-refractivity contribution is 0.0941. The summed E-state index contributed by atoms with van der Waals surface area (Å²) in [5, 5.41) is 3.18. The predicted octanol–water partition coefficient (Wildman–Crippen LogP) is 2.26. The number of benzene rings is 1. The average Bonchev–Trinajstić information content (AvgIpc) is 2.26. The number of hydrogen-bond donors (Lipinski definition) is 1. The monoisotopic (exact) mass is 191 g/mol. The second-order valence-electron chi connectivity index (χ2n) is 3.25. The van der Waals surface area contributed by atoms with Crippen LogP contribution in [0.5, 0.6) is 0 Å². The first-order valence-corrected chi connectivity index (χ1v) is 5.12. The van der Waals surface area contributed by atoms with Gasteiger partial charge in [-0.15, -0.1) is 0 Å². The zero-order valence-electron chi connectivity index (χ0n) is 8.79. The van der Waals surface area contributed by atoms with Crippen LogP contribution in [0.15, 0.2) is 30.3 Å². The normalized spacial score (nSPS) is 12.4. The molecule has 0 bridgehead atoms. The van der Waals surface area contributed by atoms with Crippen molar-refractivity contribution in [1.29, 1.82) is 0 Å². The molecular formula is C12H17NO. The number of rotatable bonds is 5. The first-order valence-electron chi connectivity index (χ1n) is 5.12. The molecule has 1 atom stereocenters. The van der Waals surface area contributed by atoms with Crippen LogP contribution < -0.4 is 5.32 Å². The third kappa shape index (κ3) is 2.67. The average molecular weight is 191 g/mol. The number of nitrogens with one attached hydrogen (secondary N) is 1. The number of likely N-dealkylation sites (N-methyl/N-ethyl adjacent to an activating group) is 1. The Labute approximate surface area is 85.3 Å². The standard InChI is InChI=1S/C12H17NO/c1-3-11(13-4-2)12(14)10-8-6-5-7-9-10/h5-9,11,13H,3-4H2,1-2H3/t11-/m0/s1. The lowest BCUT2D eigenvalue weighted by Crippen LogP contribution is -2.35. The molecule has 0 amide bonds. The maximum absolute atomic E-state index is 11.9. The highest BCUT2D eigenvalue weighted by atomic mass is 16.1. The van der Waals surface area contributed by atoms with Gasteiger partial charge in [-0.2, -0.15) is 0 Å². The van der Waals surface area contributed by atoms with Crippen LogP contribution in [0.25, 0.3) is 0 Å². The van der Waals surface area contributed by atoms with E-state index >= 15 is 0 Å². The fraction of sp³-hybridized carbons (Fsp3) is 0.417. The highest BCUT2D eigenvalue weighted by Crippen LogP contribution is 2.05. The van der Waals surface area contributed by atoms with Crippen molar-refractivity contribution in [3.63, 3.8) is 0 Å². The van der Waals surface area contributed by atoms with Gasteiger partial charge in [0, 0.05) is 5.56 Å². The summed E-state index contributed by atoms with van der Waals surface area (Å²) in [5.41, 5.74) is 0.792. The Kier molecular flexibility index (Phi) is 4.33. The van der Waals surface area contributed by atoms with E-state index in [2.05, 4.69) is 5.32 Å². The van der Waals surface area contributed by atoms with Crippen LogP contribution in [-0.2, 0) is 0 Å². The zero-order chi connectivity index (χ0) is 10.4. The van der Waals surface area contributed by atoms with E-state index in [1.807, 2.05) is 44.2 Å². The van der Waals surface area contributed by atoms with Gasteiger partial charge in [0.25, 0.3) is 0 Å². The molecule has 1 N–H and O–H groups in total. The van der Waals surface area contributed by atoms with Crippen molar-refractivity contribution in [3.05, 3.63) is 35.9 Å². The van der Waals surface area contributed by atoms with Gasteiger partial charge >= 0.3 is 0 Å². The molecule has 0 aliphatic rings. The van der Waals surface area contributed by atoms with Crippen molar-refractivity contribution < 1.29 is 4.79 Å². The summed E-state index contributed by atoms with van der Waals surface area (Å²) in [6.07, 6.45) is 0.835. The zero-order valence-corrected chi connectivity index (χ0v) is 8.79. The molecule has 1 rings (SSSR count). The Bertz CT molecular complexity index is 282. The molecule has 0 aliphatic heterocycles. The largest absolute Gasteiger partial charge is 0.307 e. The SMILES string of the molecule is CCN[C@@H](CC)C(=O)c1ccccc1. The second-order valence-corrected chi connectivity index (χ2v) is 3.25. The van der Waals surface area contributed by atoms with E-state index < -0.39 is 0 Å². The number of Topliss-reactive ketones (excluding diaryl/α,β-unsaturated/α-hetero) is 1. The summed E-state index contributed by atoms with van der Waals surface area (Å²) < 4.78 is 0. The van der Waals surface area contributed by atoms with E-state index in [0.29, 0.717) is 0 Å². The molecular weight excluding hydrogens is 174 g/mol. The van der Waals surface area contributed by atoms with Gasteiger partial charge in [-0.25, -0.2) is 0 Å². The van der Waals surface area contributed by atoms with E-state index in [9.17, 15) is 4.79 Å². The third-order valence-corrected chi connectivity index (χ3v) is 2.23. The molecule has 1 aromatic carbocycles. The van der Waals surface area contributed by atoms with E-state index in [-0.39, 0.29) is 11.8 Å². The van der Waals surface area contributed by atoms with Crippen LogP contribution in [0.4, 0.5) is 0 Å². The predicted molar refractivity (Wildman–Crippen MR) is 58.5 cm³/mol. The van der Waals surface area contributed by atoms with Crippen LogP contribution >= 0.6 is 0 Å². The molecule has 0 radical (unpaired) electrons. The minimum Gasteiger partial charge on any atom is -0.307 e. The van der Waals surface area contributed by atoms with E-state index in [1.54, 1.807) is 0 Å². The fourth-order valence-corrected chi connectivity index (χ4v) is 1.47. The second kappa shape index (κ2) is 5.55. The summed E-state index contributed by atoms with van der Waals surface area (Å²) in [6, 6.07) is 9.40. The smallest absolute Gasteiger partial charge is 0.179 e. The summed E-state index contributed by atoms with van der Waals surface area (Å²) in [5.74, 6) is 0.190. The summed E-state index contributed by atoms with van der Waals surface area (Å²) in [6.45, 7) is 4.87. The summed E-state index contributed by atoms with van der Waals surface area (Å²) >= 11 is 0. The molecule has 2 heteroatoms. The third-order valence-electron chi connectivity index (χ3n) is 2.23. The highest BCUT2D eigenvalue weighted by molar-refractivity contribution is 6.00. The number of carbonyl (C=O) groups excluding carboxylic acids is 1. The van der Waals surface area contributed by atoms with E-state index in [1.165, 1.54) is 0 Å². The van der Waals surface area contributed by atoms with Crippen molar-refractivity contribution in [2.75, 3.05) is 6.54 Å². The lowest BCUT2D eigenvalue weighted by atomic mass is 10.0. The molecule has 0 fully saturated rings. The van der Waals surface area contributed by atoms with Gasteiger partial charge in [0.15, 0.2) is 5.78 Å². The van der Waals surface area contributed by atoms with Gasteiger partial charge in [0.05, 0.1) is 6.04 Å². The van der Waals surface area contributed by atoms with Gasteiger partial charge in [-0.3, -0.25) is 4.79 Å². The topological polar surface area (TPSA) is 29.1 Å². The molecule has 14 heavy (non-hydrogen) atoms. The van der Waals surface area contributed by atoms with Crippen LogP contribution in [0.2, 0.25) is 0 Å². The summed E-state index contributed by atoms with van der Waals surface area (Å²) in [4.78, 5) is 11.9. The minimum absolute atomic E-state index is 0.0394. The van der Waals surface area contributed by atoms with Crippen molar-refractivity contribution in [2.24, 2.45) is 0 Å². The molecule has 0 aliphatic carbocycles. The highest BCUT2D eigenvalue weighted by Gasteiger charge is 2.15. The van der Waals surface area contributed by atoms with Gasteiger partial charge in [-0.1, -0.05) is 44.2 Å². The van der Waals surface area contributed by atoms with Crippen LogP contribution in [0.3, 0.4) is 0 Å². The molecule has 76 valence electrons. The van der Waals surface area contributed by atoms with Gasteiger partial charge < -0.3 is 5.32 Å². The maximum Gasteiger partial charge on any atom is 0.179 e. The minimum atomic E-state index is -0.0394. The quantitative estimate of drug-likeness (QED) is 0.723. The van der Waals surface area contributed by atoms with Gasteiger partial charge in [0.1, 0.15) is 0 Å². The molecule has 2 nitrogen and oxygen atoms in total. The molecule has 0 spiro atoms. The first kappa shape index (κ1) is 10.9. The van der Waals surface area contributed by atoms with Crippen LogP contribution in [0, 0.1) is 0 Å². The fourth-order valence-electron chi connectivity index (χ4n) is 1.47. The molecule has 0 unspecified atom stereocenters. The Morgan fingerprint density at radius 3 is 2.43 bits per heavy atom. The molecule has 0 saturated heterocycles. The Hall–Kier alpha value is -1.15. The van der Waals surface area contributed by atoms with Crippen molar-refractivity contribution in [2.45, 2.75) is 26.3 Å². The van der Waals surface area contributed by atoms with Crippen LogP contribution in [0.1, 0.15) is 30.6 Å². The van der Waals surface area contributed by atoms with Crippen molar-refractivity contribution in [1.82, 2.24) is 5.32 Å². The molecule has 0 heterocycles. The van der Waals surface area contributed by atoms with Crippen molar-refractivity contribution in [3.8, 4) is 0 Å². The van der Waals surface area contributed by atoms with E-state index in [0.717, 1.165) is 18.5 Å². The number of carbonyl (C=O) groups is 1.